The number of nitrogens with one attached hydrogen (secondary N) is 1. The molecule has 3 rings (SSSR count). The summed E-state index contributed by atoms with van der Waals surface area (Å²) in [5.74, 6) is -0.242. The molecule has 0 aliphatic carbocycles. The van der Waals surface area contributed by atoms with Crippen molar-refractivity contribution in [2.75, 3.05) is 22.4 Å². The van der Waals surface area contributed by atoms with Gasteiger partial charge >= 0.3 is 0 Å². The normalized spacial score (nSPS) is 11.2. The summed E-state index contributed by atoms with van der Waals surface area (Å²) in [4.78, 5) is 13.8. The van der Waals surface area contributed by atoms with E-state index in [4.69, 9.17) is 0 Å². The van der Waals surface area contributed by atoms with Gasteiger partial charge in [-0.05, 0) is 98.8 Å². The molecule has 0 unspecified atom stereocenters. The van der Waals surface area contributed by atoms with Crippen LogP contribution in [0.1, 0.15) is 28.4 Å². The number of thioether (sulfide) groups is 1. The van der Waals surface area contributed by atoms with Crippen LogP contribution < -0.4 is 9.62 Å². The van der Waals surface area contributed by atoms with E-state index in [1.54, 1.807) is 67.2 Å². The van der Waals surface area contributed by atoms with E-state index in [2.05, 4.69) is 5.32 Å². The Kier molecular flexibility index (Phi) is 7.08. The van der Waals surface area contributed by atoms with Gasteiger partial charge in [-0.25, -0.2) is 8.42 Å². The first-order chi connectivity index (χ1) is 14.8. The Morgan fingerprint density at radius 3 is 2.13 bits per heavy atom. The van der Waals surface area contributed by atoms with E-state index in [9.17, 15) is 13.2 Å². The van der Waals surface area contributed by atoms with Crippen LogP contribution in [0.5, 0.6) is 0 Å². The van der Waals surface area contributed by atoms with E-state index < -0.39 is 10.0 Å². The summed E-state index contributed by atoms with van der Waals surface area (Å²) < 4.78 is 27.6. The predicted octanol–water partition coefficient (Wildman–Crippen LogP) is 5.49. The van der Waals surface area contributed by atoms with Crippen LogP contribution in [0.25, 0.3) is 0 Å². The molecule has 1 N–H and O–H groups in total. The second-order valence-electron chi connectivity index (χ2n) is 7.15. The molecule has 162 valence electrons. The van der Waals surface area contributed by atoms with Crippen LogP contribution in [0.4, 0.5) is 11.4 Å². The Balaban J connectivity index is 1.80. The van der Waals surface area contributed by atoms with Crippen molar-refractivity contribution in [1.82, 2.24) is 0 Å². The summed E-state index contributed by atoms with van der Waals surface area (Å²) in [6.45, 7) is 6.08. The van der Waals surface area contributed by atoms with Crippen LogP contribution in [-0.4, -0.2) is 27.1 Å². The third-order valence-electron chi connectivity index (χ3n) is 5.12. The van der Waals surface area contributed by atoms with Gasteiger partial charge in [-0.2, -0.15) is 0 Å². The highest BCUT2D eigenvalue weighted by Gasteiger charge is 2.23. The van der Waals surface area contributed by atoms with Gasteiger partial charge in [0.05, 0.1) is 10.6 Å². The van der Waals surface area contributed by atoms with Gasteiger partial charge < -0.3 is 5.32 Å². The van der Waals surface area contributed by atoms with Crippen molar-refractivity contribution in [2.45, 2.75) is 30.6 Å². The first-order valence-electron chi connectivity index (χ1n) is 9.91. The Morgan fingerprint density at radius 1 is 0.935 bits per heavy atom. The molecular weight excluding hydrogens is 428 g/mol. The zero-order valence-electron chi connectivity index (χ0n) is 18.0. The lowest BCUT2D eigenvalue weighted by Crippen LogP contribution is -2.30. The minimum atomic E-state index is -3.70. The number of aryl methyl sites for hydroxylation is 2. The van der Waals surface area contributed by atoms with Crippen molar-refractivity contribution < 1.29 is 13.2 Å². The monoisotopic (exact) mass is 454 g/mol. The summed E-state index contributed by atoms with van der Waals surface area (Å²) >= 11 is 1.56. The molecule has 0 radical (unpaired) electrons. The van der Waals surface area contributed by atoms with Crippen LogP contribution in [0.15, 0.2) is 76.5 Å². The summed E-state index contributed by atoms with van der Waals surface area (Å²) in [7, 11) is -3.70. The molecule has 3 aromatic rings. The second kappa shape index (κ2) is 9.58. The van der Waals surface area contributed by atoms with Crippen LogP contribution in [-0.2, 0) is 10.0 Å². The summed E-state index contributed by atoms with van der Waals surface area (Å²) in [6.07, 6.45) is 1.94. The summed E-state index contributed by atoms with van der Waals surface area (Å²) in [5.41, 5.74) is 3.95. The highest BCUT2D eigenvalue weighted by Crippen LogP contribution is 2.26. The maximum Gasteiger partial charge on any atom is 0.264 e. The van der Waals surface area contributed by atoms with E-state index in [1.807, 2.05) is 38.3 Å². The van der Waals surface area contributed by atoms with Gasteiger partial charge in [-0.15, -0.1) is 11.8 Å². The molecule has 0 aliphatic rings. The van der Waals surface area contributed by atoms with Crippen LogP contribution >= 0.6 is 11.8 Å². The Bertz CT molecular complexity index is 1170. The van der Waals surface area contributed by atoms with E-state index in [1.165, 1.54) is 4.31 Å². The zero-order valence-corrected chi connectivity index (χ0v) is 19.7. The Morgan fingerprint density at radius 2 is 1.58 bits per heavy atom. The number of nitrogens with zero attached hydrogens (tertiary/aromatic N) is 1. The lowest BCUT2D eigenvalue weighted by atomic mass is 10.1. The average molecular weight is 455 g/mol. The van der Waals surface area contributed by atoms with Crippen LogP contribution in [0.2, 0.25) is 0 Å². The van der Waals surface area contributed by atoms with Gasteiger partial charge in [0.2, 0.25) is 0 Å². The third-order valence-corrected chi connectivity index (χ3v) is 7.78. The van der Waals surface area contributed by atoms with Crippen molar-refractivity contribution in [1.29, 1.82) is 0 Å². The Hall–Kier alpha value is -2.77. The fourth-order valence-electron chi connectivity index (χ4n) is 3.17. The molecule has 0 heterocycles. The number of benzene rings is 3. The maximum atomic E-state index is 13.1. The molecule has 0 spiro atoms. The van der Waals surface area contributed by atoms with Gasteiger partial charge in [0.25, 0.3) is 15.9 Å². The van der Waals surface area contributed by atoms with E-state index in [0.29, 0.717) is 11.3 Å². The fourth-order valence-corrected chi connectivity index (χ4v) is 5.05. The number of sulfonamides is 1. The minimum Gasteiger partial charge on any atom is -0.322 e. The molecular formula is C24H26N2O3S2. The van der Waals surface area contributed by atoms with Gasteiger partial charge in [0.1, 0.15) is 0 Å². The molecule has 0 atom stereocenters. The zero-order chi connectivity index (χ0) is 22.6. The van der Waals surface area contributed by atoms with Gasteiger partial charge in [0, 0.05) is 22.7 Å². The van der Waals surface area contributed by atoms with E-state index in [-0.39, 0.29) is 17.3 Å². The fraction of sp³-hybridized carbons (Fsp3) is 0.208. The Labute approximate surface area is 188 Å². The molecule has 5 nitrogen and oxygen atoms in total. The number of anilines is 2. The largest absolute Gasteiger partial charge is 0.322 e. The van der Waals surface area contributed by atoms with Gasteiger partial charge in [0.15, 0.2) is 0 Å². The first kappa shape index (κ1) is 22.9. The van der Waals surface area contributed by atoms with Crippen molar-refractivity contribution >= 4 is 39.1 Å². The van der Waals surface area contributed by atoms with Crippen molar-refractivity contribution in [3.63, 3.8) is 0 Å². The quantitative estimate of drug-likeness (QED) is 0.479. The molecule has 7 heteroatoms. The molecule has 0 aromatic heterocycles. The molecule has 0 saturated heterocycles. The predicted molar refractivity (Wildman–Crippen MR) is 129 cm³/mol. The molecule has 0 fully saturated rings. The van der Waals surface area contributed by atoms with E-state index >= 15 is 0 Å². The van der Waals surface area contributed by atoms with Crippen LogP contribution in [0.3, 0.4) is 0 Å². The molecule has 0 saturated carbocycles. The van der Waals surface area contributed by atoms with Crippen molar-refractivity contribution in [3.05, 3.63) is 83.4 Å². The molecule has 31 heavy (non-hydrogen) atoms. The van der Waals surface area contributed by atoms with Gasteiger partial charge in [-0.3, -0.25) is 9.10 Å². The number of rotatable bonds is 7. The summed E-state index contributed by atoms with van der Waals surface area (Å²) in [5, 5.41) is 2.88. The lowest BCUT2D eigenvalue weighted by Gasteiger charge is -2.23. The third kappa shape index (κ3) is 5.11. The second-order valence-corrected chi connectivity index (χ2v) is 9.89. The number of carbonyl (C=O) groups excluding carboxylic acids is 1. The lowest BCUT2D eigenvalue weighted by molar-refractivity contribution is 0.102. The van der Waals surface area contributed by atoms with Crippen molar-refractivity contribution in [2.24, 2.45) is 0 Å². The molecule has 1 amide bonds. The SMILES string of the molecule is CCN(c1ccc(C(=O)Nc2ccc(C)c(C)c2)cc1)S(=O)(=O)c1ccc(SC)cc1. The summed E-state index contributed by atoms with van der Waals surface area (Å²) in [6, 6.07) is 19.2. The number of amides is 1. The van der Waals surface area contributed by atoms with E-state index in [0.717, 1.165) is 21.7 Å². The highest BCUT2D eigenvalue weighted by molar-refractivity contribution is 7.98. The topological polar surface area (TPSA) is 66.5 Å². The molecule has 0 aliphatic heterocycles. The molecule has 3 aromatic carbocycles. The van der Waals surface area contributed by atoms with Gasteiger partial charge in [-0.1, -0.05) is 6.07 Å². The smallest absolute Gasteiger partial charge is 0.264 e. The number of hydrogen-bond donors (Lipinski definition) is 1. The number of hydrogen-bond acceptors (Lipinski definition) is 4. The standard InChI is InChI=1S/C24H26N2O3S2/c1-5-26(31(28,29)23-14-12-22(30-4)13-15-23)21-10-7-19(8-11-21)24(27)25-20-9-6-17(2)18(3)16-20/h6-16H,5H2,1-4H3,(H,25,27). The van der Waals surface area contributed by atoms with Crippen molar-refractivity contribution in [3.8, 4) is 0 Å². The molecule has 0 bridgehead atoms. The maximum absolute atomic E-state index is 13.1. The highest BCUT2D eigenvalue weighted by atomic mass is 32.2. The first-order valence-corrected chi connectivity index (χ1v) is 12.6. The number of carbonyl (C=O) groups is 1. The minimum absolute atomic E-state index is 0.240. The average Bonchev–Trinajstić information content (AvgIpc) is 2.77. The van der Waals surface area contributed by atoms with Crippen LogP contribution in [0, 0.1) is 13.8 Å².